The maximum absolute atomic E-state index is 13.7. The van der Waals surface area contributed by atoms with Gasteiger partial charge in [-0.2, -0.15) is 13.2 Å². The molecule has 0 radical (unpaired) electrons. The molecule has 0 spiro atoms. The molecule has 22 heteroatoms. The quantitative estimate of drug-likeness (QED) is 0.0745. The zero-order valence-electron chi connectivity index (χ0n) is 33.3. The Bertz CT molecular complexity index is 2260. The number of alkyl halides is 3. The molecule has 6 rings (SSSR count). The summed E-state index contributed by atoms with van der Waals surface area (Å²) in [7, 11) is -3.33. The van der Waals surface area contributed by atoms with Crippen LogP contribution in [0.1, 0.15) is 66.3 Å². The molecule has 1 saturated heterocycles. The monoisotopic (exact) mass is 872 g/mol. The Morgan fingerprint density at radius 3 is 2.15 bits per heavy atom. The lowest BCUT2D eigenvalue weighted by molar-refractivity contribution is -0.209. The number of carbonyl (C=O) groups excluding carboxylic acids is 4. The van der Waals surface area contributed by atoms with Crippen LogP contribution in [0.2, 0.25) is 0 Å². The predicted molar refractivity (Wildman–Crippen MR) is 215 cm³/mol. The van der Waals surface area contributed by atoms with Crippen LogP contribution in [0.4, 0.5) is 23.8 Å². The van der Waals surface area contributed by atoms with Crippen LogP contribution in [-0.4, -0.2) is 131 Å². The van der Waals surface area contributed by atoms with Gasteiger partial charge in [-0.1, -0.05) is 67.6 Å². The maximum Gasteiger partial charge on any atom is 0.490 e. The average Bonchev–Trinajstić information content (AvgIpc) is 3.79. The van der Waals surface area contributed by atoms with E-state index in [-0.39, 0.29) is 80.3 Å². The van der Waals surface area contributed by atoms with Crippen LogP contribution < -0.4 is 26.6 Å². The molecule has 1 saturated carbocycles. The van der Waals surface area contributed by atoms with Gasteiger partial charge in [0.1, 0.15) is 11.6 Å². The first-order chi connectivity index (χ1) is 29.0. The number of piperidine rings is 1. The Labute approximate surface area is 349 Å². The molecule has 2 fully saturated rings. The highest BCUT2D eigenvalue weighted by atomic mass is 32.2. The standard InChI is InChI=1S/C39H47F3N10O8S/c1-3-29(53)48-27-20-28(31(54)32(27)60-37(56)39(40,41)42)52-22-46-30-33(45-21-26(23-10-6-4-7-11-23)24-12-8-5-9-13-24)49-34(50-35(30)52)36(55)43-16-17-44-38(57)47-25-14-18-51(19-15-25)61(2,58)59/h4-13,22,25-28,31-32,54H,3,14-21H2,1-2H3,(H,43,55)(H,48,53)(H2,44,47,57)(H,45,49,50)/t27-,28+,31-,32+/m0/s1. The highest BCUT2D eigenvalue weighted by Gasteiger charge is 2.51. The van der Waals surface area contributed by atoms with E-state index in [0.29, 0.717) is 12.8 Å². The minimum Gasteiger partial charge on any atom is -0.451 e. The molecule has 0 bridgehead atoms. The fourth-order valence-corrected chi connectivity index (χ4v) is 8.32. The Morgan fingerprint density at radius 2 is 1.56 bits per heavy atom. The van der Waals surface area contributed by atoms with E-state index in [4.69, 9.17) is 4.74 Å². The number of aliphatic hydroxyl groups is 1. The van der Waals surface area contributed by atoms with E-state index in [1.54, 1.807) is 0 Å². The molecule has 2 aromatic carbocycles. The molecule has 2 aromatic heterocycles. The molecular weight excluding hydrogens is 826 g/mol. The van der Waals surface area contributed by atoms with Gasteiger partial charge in [0.05, 0.1) is 24.7 Å². The fraction of sp³-hybridized carbons (Fsp3) is 0.462. The molecule has 0 unspecified atom stereocenters. The molecule has 61 heavy (non-hydrogen) atoms. The maximum atomic E-state index is 13.7. The first kappa shape index (κ1) is 44.7. The van der Waals surface area contributed by atoms with E-state index < -0.39 is 64.3 Å². The Balaban J connectivity index is 1.24. The van der Waals surface area contributed by atoms with Gasteiger partial charge in [-0.25, -0.2) is 37.3 Å². The van der Waals surface area contributed by atoms with Crippen molar-refractivity contribution in [2.45, 2.75) is 75.0 Å². The summed E-state index contributed by atoms with van der Waals surface area (Å²) in [5.41, 5.74) is 2.10. The highest BCUT2D eigenvalue weighted by Crippen LogP contribution is 2.37. The summed E-state index contributed by atoms with van der Waals surface area (Å²) in [6.07, 6.45) is -5.90. The minimum atomic E-state index is -5.37. The fourth-order valence-electron chi connectivity index (χ4n) is 7.44. The second-order valence-corrected chi connectivity index (χ2v) is 16.7. The van der Waals surface area contributed by atoms with E-state index >= 15 is 0 Å². The van der Waals surface area contributed by atoms with Crippen LogP contribution >= 0.6 is 0 Å². The number of carbonyl (C=O) groups is 4. The summed E-state index contributed by atoms with van der Waals surface area (Å²) in [5, 5.41) is 25.4. The van der Waals surface area contributed by atoms with Crippen LogP contribution in [0.25, 0.3) is 11.2 Å². The molecule has 6 N–H and O–H groups in total. The zero-order valence-corrected chi connectivity index (χ0v) is 34.1. The van der Waals surface area contributed by atoms with Crippen molar-refractivity contribution >= 4 is 50.8 Å². The number of amides is 4. The van der Waals surface area contributed by atoms with Gasteiger partial charge in [0, 0.05) is 51.1 Å². The van der Waals surface area contributed by atoms with Gasteiger partial charge < -0.3 is 41.0 Å². The summed E-state index contributed by atoms with van der Waals surface area (Å²) in [4.78, 5) is 64.0. The SMILES string of the molecule is CCC(=O)N[C@H]1C[C@@H](n2cnc3c(NCC(c4ccccc4)c4ccccc4)nc(C(=O)NCCNC(=O)NC4CCN(S(C)(=O)=O)CC4)nc32)[C@H](O)[C@@H]1OC(=O)C(F)(F)F. The van der Waals surface area contributed by atoms with Gasteiger partial charge in [0.2, 0.25) is 21.8 Å². The van der Waals surface area contributed by atoms with Gasteiger partial charge in [-0.05, 0) is 30.4 Å². The summed E-state index contributed by atoms with van der Waals surface area (Å²) in [5.74, 6) is -4.29. The summed E-state index contributed by atoms with van der Waals surface area (Å²) >= 11 is 0. The van der Waals surface area contributed by atoms with Crippen molar-refractivity contribution in [2.24, 2.45) is 0 Å². The molecule has 4 atom stereocenters. The summed E-state index contributed by atoms with van der Waals surface area (Å²) in [6, 6.07) is 16.2. The van der Waals surface area contributed by atoms with Gasteiger partial charge >= 0.3 is 18.2 Å². The van der Waals surface area contributed by atoms with Crippen LogP contribution in [0.15, 0.2) is 67.0 Å². The number of rotatable bonds is 15. The number of halogens is 3. The number of sulfonamides is 1. The lowest BCUT2D eigenvalue weighted by Crippen LogP contribution is -2.49. The number of anilines is 1. The zero-order chi connectivity index (χ0) is 43.9. The largest absolute Gasteiger partial charge is 0.490 e. The van der Waals surface area contributed by atoms with Crippen LogP contribution in [-0.2, 0) is 24.3 Å². The van der Waals surface area contributed by atoms with Crippen molar-refractivity contribution in [3.63, 3.8) is 0 Å². The van der Waals surface area contributed by atoms with Crippen LogP contribution in [0, 0.1) is 0 Å². The smallest absolute Gasteiger partial charge is 0.451 e. The van der Waals surface area contributed by atoms with Crippen molar-refractivity contribution in [3.8, 4) is 0 Å². The number of fused-ring (bicyclic) bond motifs is 1. The second kappa shape index (κ2) is 19.2. The number of hydrogen-bond acceptors (Lipinski definition) is 12. The third-order valence-corrected chi connectivity index (χ3v) is 11.9. The molecule has 2 aliphatic rings. The number of urea groups is 1. The van der Waals surface area contributed by atoms with Crippen molar-refractivity contribution in [2.75, 3.05) is 44.3 Å². The van der Waals surface area contributed by atoms with Gasteiger partial charge in [-0.15, -0.1) is 0 Å². The molecule has 1 aliphatic carbocycles. The van der Waals surface area contributed by atoms with Crippen molar-refractivity contribution in [1.82, 2.24) is 45.1 Å². The Kier molecular flexibility index (Phi) is 14.1. The molecule has 4 aromatic rings. The number of nitrogens with one attached hydrogen (secondary N) is 5. The third-order valence-electron chi connectivity index (χ3n) is 10.6. The van der Waals surface area contributed by atoms with Crippen molar-refractivity contribution in [1.29, 1.82) is 0 Å². The molecule has 3 heterocycles. The van der Waals surface area contributed by atoms with E-state index in [0.717, 1.165) is 17.4 Å². The third kappa shape index (κ3) is 11.1. The first-order valence-corrected chi connectivity index (χ1v) is 21.5. The van der Waals surface area contributed by atoms with Gasteiger partial charge in [-0.3, -0.25) is 9.59 Å². The normalized spacial score (nSPS) is 20.0. The molecule has 1 aliphatic heterocycles. The summed E-state index contributed by atoms with van der Waals surface area (Å²) in [6.45, 7) is 2.28. The van der Waals surface area contributed by atoms with E-state index in [1.165, 1.54) is 22.1 Å². The lowest BCUT2D eigenvalue weighted by atomic mass is 9.91. The Morgan fingerprint density at radius 1 is 0.934 bits per heavy atom. The van der Waals surface area contributed by atoms with Crippen LogP contribution in [0.3, 0.4) is 0 Å². The first-order valence-electron chi connectivity index (χ1n) is 19.6. The predicted octanol–water partition coefficient (Wildman–Crippen LogP) is 2.20. The molecule has 328 valence electrons. The number of nitrogens with zero attached hydrogens (tertiary/aromatic N) is 5. The Hall–Kier alpha value is -5.87. The number of hydrogen-bond donors (Lipinski definition) is 6. The number of aliphatic hydroxyl groups excluding tert-OH is 1. The number of ether oxygens (including phenoxy) is 1. The summed E-state index contributed by atoms with van der Waals surface area (Å²) < 4.78 is 70.9. The number of imidazole rings is 1. The van der Waals surface area contributed by atoms with Crippen molar-refractivity contribution < 1.29 is 50.6 Å². The second-order valence-electron chi connectivity index (χ2n) is 14.8. The van der Waals surface area contributed by atoms with E-state index in [2.05, 4.69) is 41.5 Å². The highest BCUT2D eigenvalue weighted by molar-refractivity contribution is 7.88. The molecule has 18 nitrogen and oxygen atoms in total. The molecular formula is C39H47F3N10O8S. The lowest BCUT2D eigenvalue weighted by Gasteiger charge is -2.30. The topological polar surface area (TPSA) is 239 Å². The average molecular weight is 873 g/mol. The van der Waals surface area contributed by atoms with Gasteiger partial charge in [0.15, 0.2) is 17.6 Å². The number of esters is 1. The molecule has 4 amide bonds. The van der Waals surface area contributed by atoms with Crippen LogP contribution in [0.5, 0.6) is 0 Å². The van der Waals surface area contributed by atoms with E-state index in [1.807, 2.05) is 60.7 Å². The van der Waals surface area contributed by atoms with E-state index in [9.17, 15) is 45.9 Å². The van der Waals surface area contributed by atoms with Crippen molar-refractivity contribution in [3.05, 3.63) is 83.9 Å². The number of benzene rings is 2. The minimum absolute atomic E-state index is 0.00194. The van der Waals surface area contributed by atoms with Gasteiger partial charge in [0.25, 0.3) is 5.91 Å². The number of aromatic nitrogens is 4.